The number of carbonyl (C=O) groups is 2. The van der Waals surface area contributed by atoms with Crippen LogP contribution in [0, 0.1) is 5.92 Å². The predicted octanol–water partition coefficient (Wildman–Crippen LogP) is 5.14. The lowest BCUT2D eigenvalue weighted by atomic mass is 9.72. The number of phenolic OH excluding ortho intramolecular Hbond substituents is 1. The molecule has 2 unspecified atom stereocenters. The summed E-state index contributed by atoms with van der Waals surface area (Å²) in [6.07, 6.45) is 0. The number of methoxy groups -OCH3 is 1. The fourth-order valence-electron chi connectivity index (χ4n) is 4.65. The van der Waals surface area contributed by atoms with Crippen LogP contribution < -0.4 is 10.1 Å². The van der Waals surface area contributed by atoms with E-state index in [0.717, 1.165) is 21.9 Å². The van der Waals surface area contributed by atoms with Crippen LogP contribution in [0.5, 0.6) is 11.5 Å². The molecule has 5 heteroatoms. The Hall–Kier alpha value is -4.12. The maximum absolute atomic E-state index is 13.7. The number of rotatable bonds is 4. The number of nitrogens with one attached hydrogen (secondary N) is 1. The zero-order valence-electron chi connectivity index (χ0n) is 17.4. The van der Waals surface area contributed by atoms with Gasteiger partial charge in [0.25, 0.3) is 0 Å². The first-order valence-electron chi connectivity index (χ1n) is 10.4. The lowest BCUT2D eigenvalue weighted by molar-refractivity contribution is -0.119. The van der Waals surface area contributed by atoms with Gasteiger partial charge in [-0.3, -0.25) is 9.59 Å². The fraction of sp³-hybridized carbons (Fsp3) is 0.111. The molecule has 2 N–H and O–H groups in total. The van der Waals surface area contributed by atoms with Crippen LogP contribution >= 0.6 is 0 Å². The minimum atomic E-state index is -1.07. The summed E-state index contributed by atoms with van der Waals surface area (Å²) in [6, 6.07) is 25.5. The third-order valence-corrected chi connectivity index (χ3v) is 6.08. The molecule has 158 valence electrons. The highest BCUT2D eigenvalue weighted by molar-refractivity contribution is 6.18. The van der Waals surface area contributed by atoms with Crippen molar-refractivity contribution in [3.63, 3.8) is 0 Å². The summed E-state index contributed by atoms with van der Waals surface area (Å²) >= 11 is 0. The van der Waals surface area contributed by atoms with E-state index in [2.05, 4.69) is 5.32 Å². The highest BCUT2D eigenvalue weighted by atomic mass is 16.5. The predicted molar refractivity (Wildman–Crippen MR) is 123 cm³/mol. The first-order chi connectivity index (χ1) is 15.6. The van der Waals surface area contributed by atoms with Crippen LogP contribution in [0.2, 0.25) is 0 Å². The Morgan fingerprint density at radius 3 is 2.44 bits per heavy atom. The molecule has 1 aliphatic rings. The van der Waals surface area contributed by atoms with Crippen molar-refractivity contribution in [3.8, 4) is 11.5 Å². The average Bonchev–Trinajstić information content (AvgIpc) is 2.83. The van der Waals surface area contributed by atoms with E-state index in [0.29, 0.717) is 11.4 Å². The van der Waals surface area contributed by atoms with E-state index in [4.69, 9.17) is 4.74 Å². The Kier molecular flexibility index (Phi) is 4.86. The Balaban J connectivity index is 1.81. The van der Waals surface area contributed by atoms with E-state index in [1.807, 2.05) is 60.7 Å². The van der Waals surface area contributed by atoms with Crippen molar-refractivity contribution in [2.75, 3.05) is 12.4 Å². The molecule has 0 radical (unpaired) electrons. The summed E-state index contributed by atoms with van der Waals surface area (Å²) < 4.78 is 5.63. The summed E-state index contributed by atoms with van der Waals surface area (Å²) in [7, 11) is 1.57. The molecular formula is C27H21NO4. The molecule has 0 aromatic heterocycles. The van der Waals surface area contributed by atoms with Gasteiger partial charge in [0.05, 0.1) is 12.7 Å². The molecule has 0 saturated carbocycles. The third kappa shape index (κ3) is 3.10. The van der Waals surface area contributed by atoms with Crippen molar-refractivity contribution in [3.05, 3.63) is 102 Å². The normalized spacial score (nSPS) is 17.5. The monoisotopic (exact) mass is 423 g/mol. The van der Waals surface area contributed by atoms with Crippen LogP contribution in [0.4, 0.5) is 5.69 Å². The van der Waals surface area contributed by atoms with Crippen molar-refractivity contribution in [1.29, 1.82) is 0 Å². The van der Waals surface area contributed by atoms with E-state index in [1.165, 1.54) is 6.07 Å². The summed E-state index contributed by atoms with van der Waals surface area (Å²) in [5.41, 5.74) is 2.40. The topological polar surface area (TPSA) is 75.6 Å². The van der Waals surface area contributed by atoms with E-state index in [9.17, 15) is 14.7 Å². The number of carbonyl (C=O) groups excluding carboxylic acids is 2. The molecule has 1 aliphatic heterocycles. The van der Waals surface area contributed by atoms with Crippen LogP contribution in [0.25, 0.3) is 10.8 Å². The first-order valence-corrected chi connectivity index (χ1v) is 10.4. The number of fused-ring (bicyclic) bond motifs is 3. The summed E-state index contributed by atoms with van der Waals surface area (Å²) in [5, 5.41) is 15.2. The zero-order valence-corrected chi connectivity index (χ0v) is 17.4. The van der Waals surface area contributed by atoms with Crippen molar-refractivity contribution in [2.45, 2.75) is 5.92 Å². The second kappa shape index (κ2) is 7.85. The molecule has 0 spiro atoms. The molecule has 5 nitrogen and oxygen atoms in total. The molecule has 0 bridgehead atoms. The SMILES string of the molecule is COc1ccccc1C1c2c(ccc3ccccc23)NC(=O)C1C(=O)c1ccccc1O. The first kappa shape index (κ1) is 19.8. The molecule has 2 atom stereocenters. The smallest absolute Gasteiger partial charge is 0.236 e. The van der Waals surface area contributed by atoms with Crippen LogP contribution in [-0.4, -0.2) is 23.9 Å². The number of Topliss-reactive ketones (excluding diaryl/α,β-unsaturated/α-hetero) is 1. The fourth-order valence-corrected chi connectivity index (χ4v) is 4.65. The van der Waals surface area contributed by atoms with Gasteiger partial charge >= 0.3 is 0 Å². The Morgan fingerprint density at radius 1 is 0.906 bits per heavy atom. The van der Waals surface area contributed by atoms with Gasteiger partial charge in [-0.2, -0.15) is 0 Å². The minimum Gasteiger partial charge on any atom is -0.507 e. The van der Waals surface area contributed by atoms with Gasteiger partial charge in [-0.25, -0.2) is 0 Å². The number of hydrogen-bond donors (Lipinski definition) is 2. The number of amides is 1. The van der Waals surface area contributed by atoms with Gasteiger partial charge in [0.2, 0.25) is 5.91 Å². The van der Waals surface area contributed by atoms with Crippen LogP contribution in [0.15, 0.2) is 84.9 Å². The molecule has 1 amide bonds. The molecule has 0 fully saturated rings. The maximum atomic E-state index is 13.7. The molecule has 32 heavy (non-hydrogen) atoms. The number of aromatic hydroxyl groups is 1. The second-order valence-corrected chi connectivity index (χ2v) is 7.82. The molecule has 0 aliphatic carbocycles. The van der Waals surface area contributed by atoms with Gasteiger partial charge in [-0.1, -0.05) is 60.7 Å². The van der Waals surface area contributed by atoms with Crippen molar-refractivity contribution in [2.24, 2.45) is 5.92 Å². The molecule has 4 aromatic carbocycles. The standard InChI is InChI=1S/C27H21NO4/c1-32-22-13-7-5-11-19(22)24-23-17-9-3-2-8-16(17)14-15-20(23)28-27(31)25(24)26(30)18-10-4-6-12-21(18)29/h2-15,24-25,29H,1H3,(H,28,31). The maximum Gasteiger partial charge on any atom is 0.236 e. The highest BCUT2D eigenvalue weighted by Gasteiger charge is 2.44. The van der Waals surface area contributed by atoms with E-state index in [1.54, 1.807) is 25.3 Å². The number of para-hydroxylation sites is 2. The van der Waals surface area contributed by atoms with Crippen LogP contribution in [0.1, 0.15) is 27.4 Å². The third-order valence-electron chi connectivity index (χ3n) is 6.08. The Labute approximate surface area is 185 Å². The number of ether oxygens (including phenoxy) is 1. The number of phenols is 1. The van der Waals surface area contributed by atoms with Gasteiger partial charge in [-0.05, 0) is 40.6 Å². The van der Waals surface area contributed by atoms with Gasteiger partial charge in [0.1, 0.15) is 17.4 Å². The molecule has 4 aromatic rings. The van der Waals surface area contributed by atoms with Crippen LogP contribution in [-0.2, 0) is 4.79 Å². The summed E-state index contributed by atoms with van der Waals surface area (Å²) in [6.45, 7) is 0. The van der Waals surface area contributed by atoms with Crippen molar-refractivity contribution >= 4 is 28.2 Å². The molecular weight excluding hydrogens is 402 g/mol. The summed E-state index contributed by atoms with van der Waals surface area (Å²) in [4.78, 5) is 27.0. The molecule has 5 rings (SSSR count). The van der Waals surface area contributed by atoms with E-state index < -0.39 is 23.5 Å². The number of anilines is 1. The van der Waals surface area contributed by atoms with E-state index >= 15 is 0 Å². The Bertz CT molecular complexity index is 1360. The van der Waals surface area contributed by atoms with Crippen LogP contribution in [0.3, 0.4) is 0 Å². The lowest BCUT2D eigenvalue weighted by Crippen LogP contribution is -2.39. The number of hydrogen-bond acceptors (Lipinski definition) is 4. The zero-order chi connectivity index (χ0) is 22.2. The summed E-state index contributed by atoms with van der Waals surface area (Å²) in [5.74, 6) is -2.05. The number of benzene rings is 4. The van der Waals surface area contributed by atoms with Crippen molar-refractivity contribution in [1.82, 2.24) is 0 Å². The lowest BCUT2D eigenvalue weighted by Gasteiger charge is -2.34. The molecule has 0 saturated heterocycles. The second-order valence-electron chi connectivity index (χ2n) is 7.82. The highest BCUT2D eigenvalue weighted by Crippen LogP contribution is 2.48. The van der Waals surface area contributed by atoms with Gasteiger partial charge in [0.15, 0.2) is 5.78 Å². The van der Waals surface area contributed by atoms with Crippen molar-refractivity contribution < 1.29 is 19.4 Å². The van der Waals surface area contributed by atoms with Gasteiger partial charge in [0, 0.05) is 17.2 Å². The molecule has 1 heterocycles. The van der Waals surface area contributed by atoms with Gasteiger partial charge in [-0.15, -0.1) is 0 Å². The number of ketones is 1. The average molecular weight is 423 g/mol. The van der Waals surface area contributed by atoms with Gasteiger partial charge < -0.3 is 15.2 Å². The largest absolute Gasteiger partial charge is 0.507 e. The quantitative estimate of drug-likeness (QED) is 0.352. The minimum absolute atomic E-state index is 0.122. The Morgan fingerprint density at radius 2 is 1.62 bits per heavy atom. The van der Waals surface area contributed by atoms with E-state index in [-0.39, 0.29) is 11.3 Å².